The molecule has 146 valence electrons. The van der Waals surface area contributed by atoms with Gasteiger partial charge in [-0.05, 0) is 50.6 Å². The molecule has 0 fully saturated rings. The molecule has 2 aromatic carbocycles. The van der Waals surface area contributed by atoms with Crippen LogP contribution < -0.4 is 10.1 Å². The largest absolute Gasteiger partial charge is 0.494 e. The molecule has 3 rings (SSSR count). The minimum atomic E-state index is -0.575. The van der Waals surface area contributed by atoms with Crippen molar-refractivity contribution in [2.45, 2.75) is 26.8 Å². The van der Waals surface area contributed by atoms with E-state index in [4.69, 9.17) is 20.9 Å². The van der Waals surface area contributed by atoms with Crippen LogP contribution in [0.5, 0.6) is 5.75 Å². The maximum absolute atomic E-state index is 14.3. The van der Waals surface area contributed by atoms with Crippen LogP contribution in [0.25, 0.3) is 11.3 Å². The van der Waals surface area contributed by atoms with Crippen molar-refractivity contribution < 1.29 is 18.4 Å². The van der Waals surface area contributed by atoms with Crippen LogP contribution in [0, 0.1) is 12.7 Å². The minimum Gasteiger partial charge on any atom is -0.494 e. The third-order valence-electron chi connectivity index (χ3n) is 4.33. The molecule has 0 aliphatic heterocycles. The van der Waals surface area contributed by atoms with Crippen LogP contribution >= 0.6 is 11.6 Å². The zero-order valence-corrected chi connectivity index (χ0v) is 16.5. The number of hydrogen-bond acceptors (Lipinski definition) is 4. The molecule has 1 heterocycles. The van der Waals surface area contributed by atoms with Gasteiger partial charge in [-0.2, -0.15) is 0 Å². The van der Waals surface area contributed by atoms with Crippen molar-refractivity contribution >= 4 is 17.5 Å². The maximum Gasteiger partial charge on any atom is 0.257 e. The molecule has 0 radical (unpaired) electrons. The molecule has 0 bridgehead atoms. The van der Waals surface area contributed by atoms with Gasteiger partial charge in [0.15, 0.2) is 0 Å². The summed E-state index contributed by atoms with van der Waals surface area (Å²) in [6.07, 6.45) is 0. The summed E-state index contributed by atoms with van der Waals surface area (Å²) in [4.78, 5) is 12.9. The average Bonchev–Trinajstić information content (AvgIpc) is 3.03. The second-order valence-corrected chi connectivity index (χ2v) is 6.66. The number of benzene rings is 2. The van der Waals surface area contributed by atoms with Crippen molar-refractivity contribution in [2.24, 2.45) is 0 Å². The molecule has 0 saturated carbocycles. The van der Waals surface area contributed by atoms with Crippen LogP contribution in [0.2, 0.25) is 5.02 Å². The highest BCUT2D eigenvalue weighted by Gasteiger charge is 2.26. The van der Waals surface area contributed by atoms with Gasteiger partial charge in [-0.3, -0.25) is 4.79 Å². The lowest BCUT2D eigenvalue weighted by Gasteiger charge is -2.15. The molecule has 1 aromatic heterocycles. The van der Waals surface area contributed by atoms with Gasteiger partial charge in [0.2, 0.25) is 0 Å². The molecule has 7 heteroatoms. The van der Waals surface area contributed by atoms with E-state index in [2.05, 4.69) is 10.5 Å². The van der Waals surface area contributed by atoms with Crippen molar-refractivity contribution in [2.75, 3.05) is 6.61 Å². The maximum atomic E-state index is 14.3. The van der Waals surface area contributed by atoms with E-state index in [1.807, 2.05) is 38.1 Å². The first-order valence-electron chi connectivity index (χ1n) is 8.86. The average molecular weight is 403 g/mol. The number of amides is 1. The molecule has 1 amide bonds. The number of carbonyl (C=O) groups excluding carboxylic acids is 1. The smallest absolute Gasteiger partial charge is 0.257 e. The number of ether oxygens (including phenoxy) is 1. The quantitative estimate of drug-likeness (QED) is 0.605. The number of aryl methyl sites for hydroxylation is 1. The fraction of sp³-hybridized carbons (Fsp3) is 0.238. The molecule has 28 heavy (non-hydrogen) atoms. The van der Waals surface area contributed by atoms with E-state index in [0.29, 0.717) is 6.61 Å². The standard InChI is InChI=1S/C21H20ClFN2O3/c1-4-27-15-10-8-14(9-11-15)12(2)24-21(26)18-13(3)28-25-20(18)19-16(22)6-5-7-17(19)23/h5-12H,4H2,1-3H3,(H,24,26). The van der Waals surface area contributed by atoms with Crippen molar-refractivity contribution in [3.05, 3.63) is 70.2 Å². The Hall–Kier alpha value is -2.86. The summed E-state index contributed by atoms with van der Waals surface area (Å²) in [6.45, 7) is 5.95. The van der Waals surface area contributed by atoms with Crippen LogP contribution in [0.4, 0.5) is 4.39 Å². The third kappa shape index (κ3) is 4.02. The van der Waals surface area contributed by atoms with Crippen LogP contribution in [0.15, 0.2) is 47.0 Å². The SMILES string of the molecule is CCOc1ccc(C(C)NC(=O)c2c(-c3c(F)cccc3Cl)noc2C)cc1. The van der Waals surface area contributed by atoms with E-state index in [1.165, 1.54) is 18.2 Å². The number of aromatic nitrogens is 1. The van der Waals surface area contributed by atoms with Gasteiger partial charge in [0.25, 0.3) is 5.91 Å². The van der Waals surface area contributed by atoms with Gasteiger partial charge in [0.1, 0.15) is 28.6 Å². The van der Waals surface area contributed by atoms with Crippen molar-refractivity contribution in [3.8, 4) is 17.0 Å². The lowest BCUT2D eigenvalue weighted by molar-refractivity contribution is 0.0939. The lowest BCUT2D eigenvalue weighted by Crippen LogP contribution is -2.27. The Morgan fingerprint density at radius 2 is 2.00 bits per heavy atom. The van der Waals surface area contributed by atoms with Gasteiger partial charge >= 0.3 is 0 Å². The Labute approximate surface area is 167 Å². The van der Waals surface area contributed by atoms with Gasteiger partial charge < -0.3 is 14.6 Å². The van der Waals surface area contributed by atoms with Crippen molar-refractivity contribution in [3.63, 3.8) is 0 Å². The summed E-state index contributed by atoms with van der Waals surface area (Å²) in [5, 5.41) is 6.91. The van der Waals surface area contributed by atoms with Gasteiger partial charge in [0, 0.05) is 0 Å². The molecule has 5 nitrogen and oxygen atoms in total. The minimum absolute atomic E-state index is 0.0416. The predicted molar refractivity (Wildman–Crippen MR) is 105 cm³/mol. The summed E-state index contributed by atoms with van der Waals surface area (Å²) in [5.41, 5.74) is 1.18. The van der Waals surface area contributed by atoms with Crippen LogP contribution in [-0.2, 0) is 0 Å². The number of halogens is 2. The fourth-order valence-corrected chi connectivity index (χ4v) is 3.16. The second kappa shape index (κ2) is 8.44. The first kappa shape index (κ1) is 19.9. The normalized spacial score (nSPS) is 11.9. The van der Waals surface area contributed by atoms with Crippen LogP contribution in [0.1, 0.15) is 41.6 Å². The Morgan fingerprint density at radius 1 is 1.29 bits per heavy atom. The molecule has 1 atom stereocenters. The van der Waals surface area contributed by atoms with E-state index in [0.717, 1.165) is 11.3 Å². The van der Waals surface area contributed by atoms with Crippen LogP contribution in [0.3, 0.4) is 0 Å². The van der Waals surface area contributed by atoms with Gasteiger partial charge in [-0.1, -0.05) is 35.0 Å². The van der Waals surface area contributed by atoms with Crippen LogP contribution in [-0.4, -0.2) is 17.7 Å². The van der Waals surface area contributed by atoms with Gasteiger partial charge in [-0.15, -0.1) is 0 Å². The molecule has 1 N–H and O–H groups in total. The first-order valence-corrected chi connectivity index (χ1v) is 9.24. The molecule has 0 aliphatic rings. The predicted octanol–water partition coefficient (Wildman–Crippen LogP) is 5.33. The Morgan fingerprint density at radius 3 is 2.64 bits per heavy atom. The zero-order valence-electron chi connectivity index (χ0n) is 15.8. The number of nitrogens with zero attached hydrogens (tertiary/aromatic N) is 1. The lowest BCUT2D eigenvalue weighted by atomic mass is 10.0. The topological polar surface area (TPSA) is 64.4 Å². The highest BCUT2D eigenvalue weighted by molar-refractivity contribution is 6.33. The molecule has 1 unspecified atom stereocenters. The monoisotopic (exact) mass is 402 g/mol. The Kier molecular flexibility index (Phi) is 5.99. The van der Waals surface area contributed by atoms with Crippen molar-refractivity contribution in [1.82, 2.24) is 10.5 Å². The molecular formula is C21H20ClFN2O3. The zero-order chi connectivity index (χ0) is 20.3. The summed E-state index contributed by atoms with van der Waals surface area (Å²) in [6, 6.07) is 11.4. The van der Waals surface area contributed by atoms with Gasteiger partial charge in [-0.25, -0.2) is 4.39 Å². The summed E-state index contributed by atoms with van der Waals surface area (Å²) in [7, 11) is 0. The molecular weight excluding hydrogens is 383 g/mol. The number of nitrogens with one attached hydrogen (secondary N) is 1. The van der Waals surface area contributed by atoms with E-state index >= 15 is 0 Å². The van der Waals surface area contributed by atoms with E-state index in [-0.39, 0.29) is 33.6 Å². The number of rotatable bonds is 6. The highest BCUT2D eigenvalue weighted by Crippen LogP contribution is 2.33. The third-order valence-corrected chi connectivity index (χ3v) is 4.64. The number of carbonyl (C=O) groups is 1. The Balaban J connectivity index is 1.86. The number of hydrogen-bond donors (Lipinski definition) is 1. The van der Waals surface area contributed by atoms with E-state index in [9.17, 15) is 9.18 Å². The summed E-state index contributed by atoms with van der Waals surface area (Å²) in [5.74, 6) is 0.0470. The molecule has 0 spiro atoms. The fourth-order valence-electron chi connectivity index (χ4n) is 2.91. The first-order chi connectivity index (χ1) is 13.4. The summed E-state index contributed by atoms with van der Waals surface area (Å²) >= 11 is 6.13. The van der Waals surface area contributed by atoms with Gasteiger partial charge in [0.05, 0.1) is 23.2 Å². The Bertz CT molecular complexity index is 966. The van der Waals surface area contributed by atoms with E-state index in [1.54, 1.807) is 6.92 Å². The molecule has 3 aromatic rings. The molecule has 0 saturated heterocycles. The van der Waals surface area contributed by atoms with Crippen molar-refractivity contribution in [1.29, 1.82) is 0 Å². The molecule has 0 aliphatic carbocycles. The second-order valence-electron chi connectivity index (χ2n) is 6.26. The van der Waals surface area contributed by atoms with E-state index < -0.39 is 11.7 Å². The highest BCUT2D eigenvalue weighted by atomic mass is 35.5. The summed E-state index contributed by atoms with van der Waals surface area (Å²) < 4.78 is 24.9.